The lowest BCUT2D eigenvalue weighted by Gasteiger charge is -2.07. The zero-order valence-corrected chi connectivity index (χ0v) is 10.4. The van der Waals surface area contributed by atoms with Gasteiger partial charge in [-0.3, -0.25) is 0 Å². The lowest BCUT2D eigenvalue weighted by atomic mass is 10.0. The van der Waals surface area contributed by atoms with Gasteiger partial charge < -0.3 is 10.4 Å². The molecular weight excluding hydrogens is 214 g/mol. The van der Waals surface area contributed by atoms with Crippen LogP contribution in [0.1, 0.15) is 16.7 Å². The van der Waals surface area contributed by atoms with Crippen molar-refractivity contribution in [3.63, 3.8) is 0 Å². The van der Waals surface area contributed by atoms with Crippen LogP contribution in [0.2, 0.25) is 0 Å². The van der Waals surface area contributed by atoms with Crippen LogP contribution in [0.4, 0.5) is 0 Å². The molecule has 0 saturated heterocycles. The fourth-order valence-electron chi connectivity index (χ4n) is 1.64. The van der Waals surface area contributed by atoms with Gasteiger partial charge in [0.1, 0.15) is 0 Å². The normalized spacial score (nSPS) is 10.9. The summed E-state index contributed by atoms with van der Waals surface area (Å²) >= 11 is 0. The van der Waals surface area contributed by atoms with Gasteiger partial charge in [-0.1, -0.05) is 29.8 Å². The first-order chi connectivity index (χ1) is 8.09. The maximum absolute atomic E-state index is 10.2. The molecular formula is C14H19NO2. The van der Waals surface area contributed by atoms with Gasteiger partial charge in [-0.05, 0) is 37.9 Å². The molecule has 0 aliphatic carbocycles. The number of benzene rings is 1. The SMILES string of the molecule is Cc1ccc(C)c(CCNC/C=C/C(=O)O)c1. The smallest absolute Gasteiger partial charge is 0.328 e. The molecule has 0 aliphatic rings. The number of carbonyl (C=O) groups is 1. The van der Waals surface area contributed by atoms with E-state index in [1.165, 1.54) is 16.7 Å². The van der Waals surface area contributed by atoms with E-state index in [0.29, 0.717) is 6.54 Å². The number of rotatable bonds is 6. The summed E-state index contributed by atoms with van der Waals surface area (Å²) in [7, 11) is 0. The second-order valence-corrected chi connectivity index (χ2v) is 4.12. The van der Waals surface area contributed by atoms with Gasteiger partial charge in [0.05, 0.1) is 0 Å². The first-order valence-corrected chi connectivity index (χ1v) is 5.76. The van der Waals surface area contributed by atoms with Crippen molar-refractivity contribution in [2.45, 2.75) is 20.3 Å². The Morgan fingerprint density at radius 2 is 2.18 bits per heavy atom. The van der Waals surface area contributed by atoms with Crippen molar-refractivity contribution in [1.29, 1.82) is 0 Å². The van der Waals surface area contributed by atoms with Gasteiger partial charge in [-0.15, -0.1) is 0 Å². The number of aryl methyl sites for hydroxylation is 2. The molecule has 0 bridgehead atoms. The van der Waals surface area contributed by atoms with Crippen LogP contribution >= 0.6 is 0 Å². The van der Waals surface area contributed by atoms with Gasteiger partial charge in [0.2, 0.25) is 0 Å². The zero-order chi connectivity index (χ0) is 12.7. The van der Waals surface area contributed by atoms with Crippen molar-refractivity contribution >= 4 is 5.97 Å². The predicted octanol–water partition coefficient (Wildman–Crippen LogP) is 2.08. The van der Waals surface area contributed by atoms with Gasteiger partial charge in [0.25, 0.3) is 0 Å². The first-order valence-electron chi connectivity index (χ1n) is 5.76. The summed E-state index contributed by atoms with van der Waals surface area (Å²) in [5.41, 5.74) is 3.93. The largest absolute Gasteiger partial charge is 0.478 e. The molecule has 0 amide bonds. The minimum Gasteiger partial charge on any atom is -0.478 e. The Morgan fingerprint density at radius 1 is 1.41 bits per heavy atom. The second-order valence-electron chi connectivity index (χ2n) is 4.12. The fourth-order valence-corrected chi connectivity index (χ4v) is 1.64. The molecule has 1 aromatic carbocycles. The average molecular weight is 233 g/mol. The van der Waals surface area contributed by atoms with Crippen LogP contribution in [-0.2, 0) is 11.2 Å². The molecule has 17 heavy (non-hydrogen) atoms. The highest BCUT2D eigenvalue weighted by Gasteiger charge is 1.97. The van der Waals surface area contributed by atoms with E-state index in [0.717, 1.165) is 19.0 Å². The summed E-state index contributed by atoms with van der Waals surface area (Å²) in [6.07, 6.45) is 3.74. The molecule has 0 unspecified atom stereocenters. The molecule has 0 fully saturated rings. The average Bonchev–Trinajstić information content (AvgIpc) is 2.27. The molecule has 2 N–H and O–H groups in total. The molecule has 0 aromatic heterocycles. The third-order valence-corrected chi connectivity index (χ3v) is 2.60. The topological polar surface area (TPSA) is 49.3 Å². The van der Waals surface area contributed by atoms with Gasteiger partial charge >= 0.3 is 5.97 Å². The Hall–Kier alpha value is -1.61. The van der Waals surface area contributed by atoms with Gasteiger partial charge in [-0.25, -0.2) is 4.79 Å². The second kappa shape index (κ2) is 6.86. The highest BCUT2D eigenvalue weighted by Crippen LogP contribution is 2.10. The van der Waals surface area contributed by atoms with Crippen LogP contribution in [0.3, 0.4) is 0 Å². The molecule has 0 saturated carbocycles. The Balaban J connectivity index is 2.31. The lowest BCUT2D eigenvalue weighted by molar-refractivity contribution is -0.131. The third-order valence-electron chi connectivity index (χ3n) is 2.60. The van der Waals surface area contributed by atoms with Crippen LogP contribution in [0.15, 0.2) is 30.4 Å². The van der Waals surface area contributed by atoms with Crippen molar-refractivity contribution in [1.82, 2.24) is 5.32 Å². The van der Waals surface area contributed by atoms with E-state index in [9.17, 15) is 4.79 Å². The summed E-state index contributed by atoms with van der Waals surface area (Å²) in [4.78, 5) is 10.2. The van der Waals surface area contributed by atoms with Crippen LogP contribution in [0, 0.1) is 13.8 Å². The summed E-state index contributed by atoms with van der Waals surface area (Å²) in [5, 5.41) is 11.6. The maximum Gasteiger partial charge on any atom is 0.328 e. The quantitative estimate of drug-likeness (QED) is 0.584. The highest BCUT2D eigenvalue weighted by molar-refractivity contribution is 5.79. The molecule has 0 spiro atoms. The van der Waals surface area contributed by atoms with E-state index in [2.05, 4.69) is 37.4 Å². The van der Waals surface area contributed by atoms with Crippen molar-refractivity contribution in [3.8, 4) is 0 Å². The summed E-state index contributed by atoms with van der Waals surface area (Å²) in [5.74, 6) is -0.902. The number of hydrogen-bond donors (Lipinski definition) is 2. The molecule has 0 radical (unpaired) electrons. The third kappa shape index (κ3) is 5.31. The Bertz CT molecular complexity index is 411. The zero-order valence-electron chi connectivity index (χ0n) is 10.4. The molecule has 0 atom stereocenters. The summed E-state index contributed by atoms with van der Waals surface area (Å²) in [6.45, 7) is 5.65. The van der Waals surface area contributed by atoms with Crippen LogP contribution in [0.5, 0.6) is 0 Å². The molecule has 0 heterocycles. The van der Waals surface area contributed by atoms with E-state index < -0.39 is 5.97 Å². The van der Waals surface area contributed by atoms with E-state index in [1.54, 1.807) is 6.08 Å². The molecule has 1 aromatic rings. The van der Waals surface area contributed by atoms with Crippen molar-refractivity contribution < 1.29 is 9.90 Å². The van der Waals surface area contributed by atoms with Crippen LogP contribution in [-0.4, -0.2) is 24.2 Å². The van der Waals surface area contributed by atoms with E-state index >= 15 is 0 Å². The Labute approximate surface area is 102 Å². The maximum atomic E-state index is 10.2. The monoisotopic (exact) mass is 233 g/mol. The summed E-state index contributed by atoms with van der Waals surface area (Å²) < 4.78 is 0. The minimum absolute atomic E-state index is 0.594. The lowest BCUT2D eigenvalue weighted by Crippen LogP contribution is -2.17. The molecule has 92 valence electrons. The van der Waals surface area contributed by atoms with Gasteiger partial charge in [0.15, 0.2) is 0 Å². The van der Waals surface area contributed by atoms with Gasteiger partial charge in [-0.2, -0.15) is 0 Å². The van der Waals surface area contributed by atoms with E-state index in [-0.39, 0.29) is 0 Å². The Morgan fingerprint density at radius 3 is 2.88 bits per heavy atom. The number of hydrogen-bond acceptors (Lipinski definition) is 2. The first kappa shape index (κ1) is 13.5. The van der Waals surface area contributed by atoms with Gasteiger partial charge in [0, 0.05) is 12.6 Å². The van der Waals surface area contributed by atoms with E-state index in [4.69, 9.17) is 5.11 Å². The number of carboxylic acids is 1. The summed E-state index contributed by atoms with van der Waals surface area (Å²) in [6, 6.07) is 6.45. The van der Waals surface area contributed by atoms with E-state index in [1.807, 2.05) is 0 Å². The molecule has 0 aliphatic heterocycles. The number of carboxylic acid groups (broad SMARTS) is 1. The van der Waals surface area contributed by atoms with Crippen molar-refractivity contribution in [2.75, 3.05) is 13.1 Å². The fraction of sp³-hybridized carbons (Fsp3) is 0.357. The number of aliphatic carboxylic acids is 1. The highest BCUT2D eigenvalue weighted by atomic mass is 16.4. The minimum atomic E-state index is -0.902. The Kier molecular flexibility index (Phi) is 5.43. The molecule has 3 nitrogen and oxygen atoms in total. The standard InChI is InChI=1S/C14H19NO2/c1-11-5-6-12(2)13(10-11)7-9-15-8-3-4-14(16)17/h3-6,10,15H,7-9H2,1-2H3,(H,16,17)/b4-3+. The van der Waals surface area contributed by atoms with Crippen LogP contribution < -0.4 is 5.32 Å². The predicted molar refractivity (Wildman–Crippen MR) is 69.3 cm³/mol. The molecule has 3 heteroatoms. The van der Waals surface area contributed by atoms with Crippen molar-refractivity contribution in [2.24, 2.45) is 0 Å². The van der Waals surface area contributed by atoms with Crippen LogP contribution in [0.25, 0.3) is 0 Å². The number of nitrogens with one attached hydrogen (secondary N) is 1. The molecule has 1 rings (SSSR count). The van der Waals surface area contributed by atoms with Crippen molar-refractivity contribution in [3.05, 3.63) is 47.0 Å².